The molecule has 11 nitrogen and oxygen atoms in total. The number of benzene rings is 3. The van der Waals surface area contributed by atoms with E-state index in [9.17, 15) is 48.7 Å². The Morgan fingerprint density at radius 3 is 2.20 bits per heavy atom. The van der Waals surface area contributed by atoms with Crippen LogP contribution in [0.4, 0.5) is 33.3 Å². The molecule has 4 fully saturated rings. The smallest absolute Gasteiger partial charge is 0.395 e. The molecule has 1 amide bonds. The first-order chi connectivity index (χ1) is 31.1. The van der Waals surface area contributed by atoms with Gasteiger partial charge in [-0.15, -0.1) is 11.8 Å². The molecule has 362 valence electrons. The van der Waals surface area contributed by atoms with Crippen LogP contribution in [0.3, 0.4) is 0 Å². The summed E-state index contributed by atoms with van der Waals surface area (Å²) in [4.78, 5) is 18.5. The number of sulfone groups is 1. The molecule has 1 aliphatic heterocycles. The number of carbonyl (C=O) groups excluding carboxylic acids is 1. The summed E-state index contributed by atoms with van der Waals surface area (Å²) in [6.45, 7) is 11.4. The topological polar surface area (TPSA) is 139 Å². The van der Waals surface area contributed by atoms with Gasteiger partial charge in [-0.2, -0.15) is 13.2 Å². The predicted octanol–water partition coefficient (Wildman–Crippen LogP) is 8.44. The Morgan fingerprint density at radius 2 is 1.59 bits per heavy atom. The maximum atomic E-state index is 14.2. The molecule has 8 rings (SSSR count). The Balaban J connectivity index is 1.01. The summed E-state index contributed by atoms with van der Waals surface area (Å²) in [6.07, 6.45) is 2.87. The van der Waals surface area contributed by atoms with E-state index in [4.69, 9.17) is 0 Å². The number of nitrogens with one attached hydrogen (secondary N) is 2. The molecule has 3 N–H and O–H groups in total. The molecule has 1 heterocycles. The highest BCUT2D eigenvalue weighted by Crippen LogP contribution is 2.79. The van der Waals surface area contributed by atoms with Crippen molar-refractivity contribution in [2.75, 3.05) is 74.9 Å². The van der Waals surface area contributed by atoms with Gasteiger partial charge in [-0.1, -0.05) is 50.1 Å². The number of aliphatic hydroxyl groups is 1. The van der Waals surface area contributed by atoms with Crippen LogP contribution in [-0.2, 0) is 19.9 Å². The number of halogens is 5. The molecule has 0 radical (unpaired) electrons. The third-order valence-electron chi connectivity index (χ3n) is 13.9. The van der Waals surface area contributed by atoms with Crippen molar-refractivity contribution in [2.24, 2.45) is 16.2 Å². The molecule has 5 aliphatic rings. The van der Waals surface area contributed by atoms with Crippen molar-refractivity contribution in [3.05, 3.63) is 89.5 Å². The fourth-order valence-corrected chi connectivity index (χ4v) is 13.2. The van der Waals surface area contributed by atoms with E-state index >= 15 is 0 Å². The van der Waals surface area contributed by atoms with Gasteiger partial charge >= 0.3 is 5.51 Å². The van der Waals surface area contributed by atoms with Crippen LogP contribution >= 0.6 is 11.8 Å². The quantitative estimate of drug-likeness (QED) is 0.0572. The van der Waals surface area contributed by atoms with Crippen LogP contribution in [0, 0.1) is 16.2 Å². The molecule has 1 saturated heterocycles. The zero-order chi connectivity index (χ0) is 47.7. The number of carbonyl (C=O) groups is 1. The van der Waals surface area contributed by atoms with Gasteiger partial charge in [0, 0.05) is 79.2 Å². The SMILES string of the molecule is CCN(CCO)CCC(CSc1ccccc1)Nc1ccc(S(=O)(=O)NC(=O)c2ccc(N3CCN(CC4=C(C56CC(C(F)F)(C5)C6)CC(C)(C)CC4)CC3)cc2)cc1S(=O)(=O)C(F)(F)F. The Morgan fingerprint density at radius 1 is 0.924 bits per heavy atom. The first-order valence-corrected chi connectivity index (χ1v) is 26.4. The number of hydrogen-bond donors (Lipinski definition) is 3. The van der Waals surface area contributed by atoms with Gasteiger partial charge in [0.25, 0.3) is 25.8 Å². The lowest BCUT2D eigenvalue weighted by Crippen LogP contribution is -2.66. The van der Waals surface area contributed by atoms with Crippen molar-refractivity contribution in [1.29, 1.82) is 0 Å². The molecular formula is C47H60F5N5O6S3. The number of hydrogen-bond acceptors (Lipinski definition) is 11. The van der Waals surface area contributed by atoms with E-state index in [2.05, 4.69) is 29.0 Å². The van der Waals surface area contributed by atoms with Crippen molar-refractivity contribution in [2.45, 2.75) is 98.4 Å². The van der Waals surface area contributed by atoms with Gasteiger partial charge in [0.15, 0.2) is 0 Å². The number of anilines is 2. The summed E-state index contributed by atoms with van der Waals surface area (Å²) in [5.41, 5.74) is -3.30. The molecule has 0 aromatic heterocycles. The standard InChI is InChI=1S/C47H60F5N5O6S3/c1-4-55(24-25-58)19-17-35(29-64-37-8-6-5-7-9-37)53-40-15-14-38(26-41(40)65(60,61)47(50,51)52)66(62,63)54-42(59)33-10-12-36(13-11-33)57-22-20-56(21-23-57)28-34-16-18-44(2,3)27-39(34)45-30-46(31-45,32-45)43(48)49/h5-15,26,35,43,53,58H,4,16-25,27-32H2,1-3H3,(H,54,59). The van der Waals surface area contributed by atoms with Gasteiger partial charge < -0.3 is 20.2 Å². The van der Waals surface area contributed by atoms with Gasteiger partial charge in [0.05, 0.1) is 17.2 Å². The monoisotopic (exact) mass is 981 g/mol. The maximum absolute atomic E-state index is 14.2. The van der Waals surface area contributed by atoms with E-state index in [-0.39, 0.29) is 23.0 Å². The summed E-state index contributed by atoms with van der Waals surface area (Å²) in [6, 6.07) is 17.2. The fourth-order valence-electron chi connectivity index (χ4n) is 10.2. The number of nitrogens with zero attached hydrogens (tertiary/aromatic N) is 3. The molecule has 1 atom stereocenters. The summed E-state index contributed by atoms with van der Waals surface area (Å²) in [5.74, 6) is -0.747. The summed E-state index contributed by atoms with van der Waals surface area (Å²) >= 11 is 1.40. The van der Waals surface area contributed by atoms with Crippen molar-refractivity contribution < 1.29 is 48.7 Å². The summed E-state index contributed by atoms with van der Waals surface area (Å²) < 4.78 is 125. The Labute approximate surface area is 389 Å². The van der Waals surface area contributed by atoms with E-state index in [1.165, 1.54) is 35.0 Å². The lowest BCUT2D eigenvalue weighted by molar-refractivity contribution is -0.250. The second-order valence-corrected chi connectivity index (χ2v) is 23.8. The molecule has 2 bridgehead atoms. The van der Waals surface area contributed by atoms with Gasteiger partial charge in [-0.3, -0.25) is 9.69 Å². The number of sulfonamides is 1. The molecule has 3 aromatic rings. The van der Waals surface area contributed by atoms with Crippen LogP contribution in [0.25, 0.3) is 0 Å². The highest BCUT2D eigenvalue weighted by atomic mass is 32.2. The second kappa shape index (κ2) is 19.7. The minimum Gasteiger partial charge on any atom is -0.395 e. The minimum absolute atomic E-state index is 0.0367. The molecule has 1 unspecified atom stereocenters. The molecule has 0 spiro atoms. The van der Waals surface area contributed by atoms with Crippen molar-refractivity contribution in [1.82, 2.24) is 14.5 Å². The number of thioether (sulfide) groups is 1. The highest BCUT2D eigenvalue weighted by molar-refractivity contribution is 7.99. The average Bonchev–Trinajstić information content (AvgIpc) is 3.24. The van der Waals surface area contributed by atoms with Crippen molar-refractivity contribution in [3.8, 4) is 0 Å². The van der Waals surface area contributed by atoms with E-state index in [0.29, 0.717) is 70.2 Å². The third kappa shape index (κ3) is 10.9. The number of piperazine rings is 1. The Bertz CT molecular complexity index is 2440. The fraction of sp³-hybridized carbons (Fsp3) is 0.553. The minimum atomic E-state index is -6.09. The van der Waals surface area contributed by atoms with E-state index in [1.807, 2.05) is 46.9 Å². The molecule has 19 heteroatoms. The molecule has 3 aromatic carbocycles. The summed E-state index contributed by atoms with van der Waals surface area (Å²) in [7, 11) is -11.0. The van der Waals surface area contributed by atoms with Gasteiger partial charge in [-0.25, -0.2) is 30.3 Å². The second-order valence-electron chi connectivity index (χ2n) is 19.2. The first-order valence-electron chi connectivity index (χ1n) is 22.5. The molecule has 66 heavy (non-hydrogen) atoms. The lowest BCUT2D eigenvalue weighted by atomic mass is 9.32. The number of rotatable bonds is 20. The number of allylic oxidation sites excluding steroid dienone is 1. The van der Waals surface area contributed by atoms with Crippen LogP contribution in [0.2, 0.25) is 0 Å². The molecule has 4 aliphatic carbocycles. The van der Waals surface area contributed by atoms with Crippen molar-refractivity contribution >= 4 is 48.9 Å². The normalized spacial score (nSPS) is 22.8. The van der Waals surface area contributed by atoms with Crippen molar-refractivity contribution in [3.63, 3.8) is 0 Å². The van der Waals surface area contributed by atoms with E-state index < -0.39 is 64.6 Å². The van der Waals surface area contributed by atoms with Crippen LogP contribution in [0.15, 0.2) is 98.6 Å². The largest absolute Gasteiger partial charge is 0.501 e. The van der Waals surface area contributed by atoms with E-state index in [0.717, 1.165) is 61.6 Å². The highest BCUT2D eigenvalue weighted by Gasteiger charge is 2.73. The number of alkyl halides is 5. The lowest BCUT2D eigenvalue weighted by Gasteiger charge is -2.72. The number of aliphatic hydroxyl groups excluding tert-OH is 1. The summed E-state index contributed by atoms with van der Waals surface area (Å²) in [5, 5.41) is 12.4. The Kier molecular flexibility index (Phi) is 15.0. The maximum Gasteiger partial charge on any atom is 0.501 e. The number of amides is 1. The average molecular weight is 982 g/mol. The zero-order valence-electron chi connectivity index (χ0n) is 37.5. The zero-order valence-corrected chi connectivity index (χ0v) is 40.0. The molecular weight excluding hydrogens is 922 g/mol. The predicted molar refractivity (Wildman–Crippen MR) is 247 cm³/mol. The van der Waals surface area contributed by atoms with E-state index in [1.54, 1.807) is 12.1 Å². The third-order valence-corrected chi connectivity index (χ3v) is 18.0. The first kappa shape index (κ1) is 50.1. The van der Waals surface area contributed by atoms with Crippen LogP contribution < -0.4 is 14.9 Å². The van der Waals surface area contributed by atoms with Gasteiger partial charge in [0.1, 0.15) is 4.90 Å². The van der Waals surface area contributed by atoms with Crippen LogP contribution in [0.5, 0.6) is 0 Å². The number of likely N-dealkylation sites (N-methyl/N-ethyl adjacent to an activating group) is 1. The Hall–Kier alpha value is -3.75. The van der Waals surface area contributed by atoms with Gasteiger partial charge in [0.2, 0.25) is 6.43 Å². The van der Waals surface area contributed by atoms with Crippen LogP contribution in [-0.4, -0.2) is 120 Å². The van der Waals surface area contributed by atoms with Crippen LogP contribution in [0.1, 0.15) is 76.1 Å². The molecule has 3 saturated carbocycles. The van der Waals surface area contributed by atoms with Gasteiger partial charge in [-0.05, 0) is 117 Å².